The van der Waals surface area contributed by atoms with Crippen LogP contribution in [0.5, 0.6) is 0 Å². The molecule has 0 saturated carbocycles. The van der Waals surface area contributed by atoms with Crippen molar-refractivity contribution in [2.45, 2.75) is 104 Å². The van der Waals surface area contributed by atoms with Gasteiger partial charge in [0, 0.05) is 0 Å². The molecule has 1 aromatic rings. The van der Waals surface area contributed by atoms with Crippen molar-refractivity contribution in [1.82, 2.24) is 0 Å². The second kappa shape index (κ2) is 8.75. The van der Waals surface area contributed by atoms with Gasteiger partial charge in [0.15, 0.2) is 0 Å². The van der Waals surface area contributed by atoms with Gasteiger partial charge >= 0.3 is 0 Å². The zero-order valence-corrected chi connectivity index (χ0v) is 15.9. The molecule has 125 valence electrons. The van der Waals surface area contributed by atoms with Crippen molar-refractivity contribution in [2.24, 2.45) is 0 Å². The van der Waals surface area contributed by atoms with Crippen LogP contribution in [-0.2, 0) is 10.8 Å². The lowest BCUT2D eigenvalue weighted by Crippen LogP contribution is -2.21. The number of benzene rings is 1. The molecule has 0 aliphatic carbocycles. The highest BCUT2D eigenvalue weighted by Gasteiger charge is 2.24. The van der Waals surface area contributed by atoms with E-state index in [0.717, 1.165) is 0 Å². The van der Waals surface area contributed by atoms with Gasteiger partial charge in [-0.05, 0) is 40.9 Å². The Morgan fingerprint density at radius 2 is 1.14 bits per heavy atom. The molecule has 22 heavy (non-hydrogen) atoms. The SMILES string of the molecule is CCCCCC(C)(C)c1c[c]cc(C(C)(C)CCCCC)c1. The second-order valence-corrected chi connectivity index (χ2v) is 8.19. The van der Waals surface area contributed by atoms with Gasteiger partial charge in [-0.2, -0.15) is 0 Å². The average Bonchev–Trinajstić information content (AvgIpc) is 2.48. The van der Waals surface area contributed by atoms with Gasteiger partial charge in [-0.15, -0.1) is 0 Å². The molecule has 0 heteroatoms. The van der Waals surface area contributed by atoms with Crippen LogP contribution in [0.25, 0.3) is 0 Å². The van der Waals surface area contributed by atoms with Gasteiger partial charge in [0.05, 0.1) is 0 Å². The quantitative estimate of drug-likeness (QED) is 0.401. The molecule has 0 unspecified atom stereocenters. The minimum Gasteiger partial charge on any atom is -0.0654 e. The van der Waals surface area contributed by atoms with Gasteiger partial charge in [-0.25, -0.2) is 0 Å². The van der Waals surface area contributed by atoms with Crippen molar-refractivity contribution in [2.75, 3.05) is 0 Å². The van der Waals surface area contributed by atoms with Gasteiger partial charge < -0.3 is 0 Å². The minimum atomic E-state index is 0.265. The highest BCUT2D eigenvalue weighted by molar-refractivity contribution is 5.32. The van der Waals surface area contributed by atoms with E-state index in [1.807, 2.05) is 0 Å². The van der Waals surface area contributed by atoms with Crippen LogP contribution in [0.1, 0.15) is 104 Å². The van der Waals surface area contributed by atoms with Gasteiger partial charge in [-0.1, -0.05) is 98.3 Å². The summed E-state index contributed by atoms with van der Waals surface area (Å²) in [5.74, 6) is 0. The maximum atomic E-state index is 3.42. The number of hydrogen-bond acceptors (Lipinski definition) is 0. The van der Waals surface area contributed by atoms with Gasteiger partial charge in [-0.3, -0.25) is 0 Å². The van der Waals surface area contributed by atoms with Crippen LogP contribution in [0.2, 0.25) is 0 Å². The maximum absolute atomic E-state index is 3.42. The minimum absolute atomic E-state index is 0.265. The molecule has 1 radical (unpaired) electrons. The Labute approximate surface area is 139 Å². The van der Waals surface area contributed by atoms with Gasteiger partial charge in [0.25, 0.3) is 0 Å². The van der Waals surface area contributed by atoms with E-state index in [-0.39, 0.29) is 10.8 Å². The third-order valence-electron chi connectivity index (χ3n) is 5.16. The van der Waals surface area contributed by atoms with Gasteiger partial charge in [0.2, 0.25) is 0 Å². The largest absolute Gasteiger partial charge is 0.0654 e. The molecule has 0 heterocycles. The molecule has 0 atom stereocenters. The van der Waals surface area contributed by atoms with E-state index in [0.29, 0.717) is 0 Å². The molecule has 1 aromatic carbocycles. The summed E-state index contributed by atoms with van der Waals surface area (Å²) in [6.45, 7) is 14.1. The van der Waals surface area contributed by atoms with E-state index in [2.05, 4.69) is 65.8 Å². The van der Waals surface area contributed by atoms with E-state index >= 15 is 0 Å². The standard InChI is InChI=1S/C22H37/c1-7-9-11-16-21(3,4)19-14-13-15-20(18-19)22(5,6)17-12-10-8-2/h14-15,18H,7-12,16-17H2,1-6H3. The summed E-state index contributed by atoms with van der Waals surface area (Å²) in [7, 11) is 0. The number of unbranched alkanes of at least 4 members (excludes halogenated alkanes) is 4. The molecule has 0 aliphatic rings. The van der Waals surface area contributed by atoms with Crippen molar-refractivity contribution >= 4 is 0 Å². The van der Waals surface area contributed by atoms with E-state index in [1.54, 1.807) is 0 Å². The van der Waals surface area contributed by atoms with Crippen molar-refractivity contribution in [3.8, 4) is 0 Å². The van der Waals surface area contributed by atoms with Crippen molar-refractivity contribution in [3.63, 3.8) is 0 Å². The van der Waals surface area contributed by atoms with E-state index in [1.165, 1.54) is 62.5 Å². The molecule has 0 aromatic heterocycles. The second-order valence-electron chi connectivity index (χ2n) is 8.19. The Hall–Kier alpha value is -0.780. The lowest BCUT2D eigenvalue weighted by Gasteiger charge is -2.30. The molecule has 0 spiro atoms. The molecule has 0 nitrogen and oxygen atoms in total. The van der Waals surface area contributed by atoms with Crippen LogP contribution < -0.4 is 0 Å². The van der Waals surface area contributed by atoms with Crippen LogP contribution in [0.3, 0.4) is 0 Å². The fourth-order valence-corrected chi connectivity index (χ4v) is 3.18. The van der Waals surface area contributed by atoms with E-state index < -0.39 is 0 Å². The predicted molar refractivity (Wildman–Crippen MR) is 99.6 cm³/mol. The molecule has 0 saturated heterocycles. The molecule has 0 fully saturated rings. The first-order chi connectivity index (χ1) is 10.3. The molecular formula is C22H37. The van der Waals surface area contributed by atoms with Crippen molar-refractivity contribution in [1.29, 1.82) is 0 Å². The summed E-state index contributed by atoms with van der Waals surface area (Å²) < 4.78 is 0. The van der Waals surface area contributed by atoms with Crippen LogP contribution in [-0.4, -0.2) is 0 Å². The topological polar surface area (TPSA) is 0 Å². The molecule has 1 rings (SSSR count). The van der Waals surface area contributed by atoms with Crippen LogP contribution in [0.4, 0.5) is 0 Å². The fourth-order valence-electron chi connectivity index (χ4n) is 3.18. The first kappa shape index (κ1) is 19.3. The zero-order valence-electron chi connectivity index (χ0n) is 15.9. The lowest BCUT2D eigenvalue weighted by atomic mass is 9.75. The molecule has 0 N–H and O–H groups in total. The zero-order chi connectivity index (χ0) is 16.6. The summed E-state index contributed by atoms with van der Waals surface area (Å²) in [6, 6.07) is 10.3. The van der Waals surface area contributed by atoms with Crippen LogP contribution >= 0.6 is 0 Å². The van der Waals surface area contributed by atoms with Crippen molar-refractivity contribution < 1.29 is 0 Å². The Balaban J connectivity index is 2.83. The molecule has 0 amide bonds. The van der Waals surface area contributed by atoms with Crippen LogP contribution in [0.15, 0.2) is 18.2 Å². The Morgan fingerprint density at radius 3 is 1.50 bits per heavy atom. The third kappa shape index (κ3) is 5.78. The van der Waals surface area contributed by atoms with Crippen LogP contribution in [0, 0.1) is 6.07 Å². The summed E-state index contributed by atoms with van der Waals surface area (Å²) in [6.07, 6.45) is 10.5. The number of hydrogen-bond donors (Lipinski definition) is 0. The average molecular weight is 302 g/mol. The molecular weight excluding hydrogens is 264 g/mol. The molecule has 0 aliphatic heterocycles. The summed E-state index contributed by atoms with van der Waals surface area (Å²) >= 11 is 0. The maximum Gasteiger partial charge on any atom is -0.0103 e. The smallest absolute Gasteiger partial charge is 0.0103 e. The van der Waals surface area contributed by atoms with E-state index in [4.69, 9.17) is 0 Å². The molecule has 0 bridgehead atoms. The first-order valence-corrected chi connectivity index (χ1v) is 9.35. The summed E-state index contributed by atoms with van der Waals surface area (Å²) in [4.78, 5) is 0. The first-order valence-electron chi connectivity index (χ1n) is 9.35. The third-order valence-corrected chi connectivity index (χ3v) is 5.16. The van der Waals surface area contributed by atoms with Gasteiger partial charge in [0.1, 0.15) is 0 Å². The summed E-state index contributed by atoms with van der Waals surface area (Å²) in [5.41, 5.74) is 3.46. The Morgan fingerprint density at radius 1 is 0.727 bits per heavy atom. The normalized spacial score (nSPS) is 12.6. The fraction of sp³-hybridized carbons (Fsp3) is 0.727. The highest BCUT2D eigenvalue weighted by Crippen LogP contribution is 2.34. The lowest BCUT2D eigenvalue weighted by molar-refractivity contribution is 0.437. The number of rotatable bonds is 10. The Bertz CT molecular complexity index is 388. The Kier molecular flexibility index (Phi) is 7.66. The highest BCUT2D eigenvalue weighted by atomic mass is 14.3. The predicted octanol–water partition coefficient (Wildman–Crippen LogP) is 7.20. The van der Waals surface area contributed by atoms with Crippen molar-refractivity contribution in [3.05, 3.63) is 35.4 Å². The van der Waals surface area contributed by atoms with E-state index in [9.17, 15) is 0 Å². The summed E-state index contributed by atoms with van der Waals surface area (Å²) in [5, 5.41) is 0. The monoisotopic (exact) mass is 301 g/mol.